The zero-order chi connectivity index (χ0) is 29.7. The fraction of sp³-hybridized carbons (Fsp3) is 0.500. The van der Waals surface area contributed by atoms with Crippen molar-refractivity contribution in [2.24, 2.45) is 0 Å². The number of carbonyl (C=O) groups is 1. The van der Waals surface area contributed by atoms with Crippen LogP contribution in [0.15, 0.2) is 36.7 Å². The SMILES string of the molecule is CNc1nc(N)nc2c1ncn2[C@@H]1O[C@]2(CCl)C(OP(=S)(N[C@H](C)C(=O)OC(C)C)Oc3ccccc3)[C@]2(O)[C@H]1F. The molecule has 0 radical (unpaired) electrons. The van der Waals surface area contributed by atoms with Gasteiger partial charge in [-0.1, -0.05) is 18.2 Å². The Morgan fingerprint density at radius 2 is 2.05 bits per heavy atom. The number of rotatable bonds is 11. The lowest BCUT2D eigenvalue weighted by molar-refractivity contribution is -0.149. The molecule has 41 heavy (non-hydrogen) atoms. The summed E-state index contributed by atoms with van der Waals surface area (Å²) in [5.41, 5.74) is 2.43. The van der Waals surface area contributed by atoms with Gasteiger partial charge in [-0.15, -0.1) is 11.6 Å². The van der Waals surface area contributed by atoms with Gasteiger partial charge in [-0.3, -0.25) is 13.9 Å². The molecule has 2 fully saturated rings. The predicted octanol–water partition coefficient (Wildman–Crippen LogP) is 2.66. The zero-order valence-electron chi connectivity index (χ0n) is 22.5. The number of para-hydroxylation sites is 1. The number of nitrogens with two attached hydrogens (primary N) is 1. The van der Waals surface area contributed by atoms with Crippen molar-refractivity contribution in [2.75, 3.05) is 24.0 Å². The average molecular weight is 630 g/mol. The van der Waals surface area contributed by atoms with Gasteiger partial charge in [0.25, 0.3) is 0 Å². The van der Waals surface area contributed by atoms with Crippen LogP contribution in [0.25, 0.3) is 11.2 Å². The van der Waals surface area contributed by atoms with E-state index in [4.69, 9.17) is 47.7 Å². The van der Waals surface area contributed by atoms with E-state index in [0.717, 1.165) is 0 Å². The highest BCUT2D eigenvalue weighted by molar-refractivity contribution is 8.09. The number of aliphatic hydroxyl groups is 1. The first-order valence-electron chi connectivity index (χ1n) is 12.7. The number of aromatic nitrogens is 4. The van der Waals surface area contributed by atoms with Crippen LogP contribution in [0, 0.1) is 0 Å². The van der Waals surface area contributed by atoms with E-state index in [0.29, 0.717) is 17.1 Å². The lowest BCUT2D eigenvalue weighted by Crippen LogP contribution is -2.38. The summed E-state index contributed by atoms with van der Waals surface area (Å²) in [6.45, 7) is 1.30. The molecule has 17 heteroatoms. The fourth-order valence-electron chi connectivity index (χ4n) is 4.83. The van der Waals surface area contributed by atoms with E-state index in [9.17, 15) is 9.90 Å². The maximum absolute atomic E-state index is 16.2. The minimum atomic E-state index is -3.65. The molecule has 5 rings (SSSR count). The van der Waals surface area contributed by atoms with Gasteiger partial charge in [0.05, 0.1) is 18.3 Å². The van der Waals surface area contributed by atoms with Gasteiger partial charge < -0.3 is 30.2 Å². The van der Waals surface area contributed by atoms with Crippen LogP contribution in [-0.2, 0) is 30.6 Å². The van der Waals surface area contributed by atoms with Gasteiger partial charge in [0.15, 0.2) is 35.0 Å². The number of ether oxygens (including phenoxy) is 2. The summed E-state index contributed by atoms with van der Waals surface area (Å²) in [4.78, 5) is 25.1. The Morgan fingerprint density at radius 3 is 2.66 bits per heavy atom. The van der Waals surface area contributed by atoms with Gasteiger partial charge in [-0.2, -0.15) is 9.97 Å². The Kier molecular flexibility index (Phi) is 7.92. The average Bonchev–Trinajstić information content (AvgIpc) is 3.16. The van der Waals surface area contributed by atoms with Crippen LogP contribution in [0.2, 0.25) is 0 Å². The standard InChI is InChI=1S/C24H30ClFN7O6PS/c1-12(2)36-20(34)13(3)32-40(41,38-14-8-6-5-7-9-14)39-21-23(10-25)24(21,35)16(26)19(37-23)33-11-29-15-17(28-4)30-22(27)31-18(15)33/h5-9,11-13,16,19,21,35H,10H2,1-4H3,(H,32,41)(H3,27,28,30,31)/t13-,16+,19-,21?,23-,24-,40?/m1/s1. The maximum atomic E-state index is 16.2. The number of nitrogens with one attached hydrogen (secondary N) is 2. The number of anilines is 2. The second-order valence-electron chi connectivity index (χ2n) is 9.99. The lowest BCUT2D eigenvalue weighted by Gasteiger charge is -2.29. The molecule has 7 atom stereocenters. The van der Waals surface area contributed by atoms with Gasteiger partial charge in [0.1, 0.15) is 23.5 Å². The van der Waals surface area contributed by atoms with Gasteiger partial charge in [-0.05, 0) is 44.7 Å². The molecule has 3 aromatic rings. The number of halogens is 2. The van der Waals surface area contributed by atoms with Crippen molar-refractivity contribution in [1.29, 1.82) is 0 Å². The summed E-state index contributed by atoms with van der Waals surface area (Å²) in [5.74, 6) is -0.327. The highest BCUT2D eigenvalue weighted by Crippen LogP contribution is 2.69. The number of nitrogen functional groups attached to an aromatic ring is 1. The molecule has 2 aromatic heterocycles. The molecule has 0 bridgehead atoms. The van der Waals surface area contributed by atoms with Crippen molar-refractivity contribution >= 4 is 58.9 Å². The van der Waals surface area contributed by atoms with Gasteiger partial charge in [0.2, 0.25) is 5.95 Å². The number of hydrogen-bond acceptors (Lipinski definition) is 12. The van der Waals surface area contributed by atoms with Crippen LogP contribution in [0.5, 0.6) is 5.75 Å². The second-order valence-corrected chi connectivity index (χ2v) is 13.3. The lowest BCUT2D eigenvalue weighted by atomic mass is 10.1. The van der Waals surface area contributed by atoms with E-state index in [-0.39, 0.29) is 23.6 Å². The molecule has 1 aliphatic carbocycles. The Hall–Kier alpha value is -2.65. The number of nitrogens with zero attached hydrogens (tertiary/aromatic N) is 4. The minimum Gasteiger partial charge on any atom is -0.462 e. The largest absolute Gasteiger partial charge is 0.462 e. The van der Waals surface area contributed by atoms with Crippen LogP contribution < -0.4 is 20.7 Å². The molecule has 222 valence electrons. The van der Waals surface area contributed by atoms with Gasteiger partial charge >= 0.3 is 12.6 Å². The van der Waals surface area contributed by atoms with Crippen LogP contribution in [0.4, 0.5) is 16.2 Å². The molecule has 1 aromatic carbocycles. The Balaban J connectivity index is 1.44. The molecule has 1 saturated carbocycles. The summed E-state index contributed by atoms with van der Waals surface area (Å²) in [6, 6.07) is 7.56. The molecule has 2 unspecified atom stereocenters. The van der Waals surface area contributed by atoms with E-state index in [2.05, 4.69) is 25.4 Å². The first-order chi connectivity index (χ1) is 19.4. The van der Waals surface area contributed by atoms with Crippen LogP contribution in [0.1, 0.15) is 27.0 Å². The molecule has 13 nitrogen and oxygen atoms in total. The van der Waals surface area contributed by atoms with Crippen LogP contribution in [-0.4, -0.2) is 79.1 Å². The Bertz CT molecular complexity index is 1500. The Morgan fingerprint density at radius 1 is 1.34 bits per heavy atom. The van der Waals surface area contributed by atoms with Crippen molar-refractivity contribution in [1.82, 2.24) is 24.6 Å². The first kappa shape index (κ1) is 29.8. The number of imidazole rings is 1. The predicted molar refractivity (Wildman–Crippen MR) is 153 cm³/mol. The van der Waals surface area contributed by atoms with Crippen LogP contribution in [0.3, 0.4) is 0 Å². The monoisotopic (exact) mass is 629 g/mol. The van der Waals surface area contributed by atoms with Crippen molar-refractivity contribution in [2.45, 2.75) is 62.6 Å². The normalized spacial score (nSPS) is 29.1. The smallest absolute Gasteiger partial charge is 0.323 e. The van der Waals surface area contributed by atoms with Crippen molar-refractivity contribution < 1.29 is 32.8 Å². The molecular formula is C24H30ClFN7O6PS. The molecule has 5 N–H and O–H groups in total. The minimum absolute atomic E-state index is 0.0657. The topological polar surface area (TPSA) is 168 Å². The summed E-state index contributed by atoms with van der Waals surface area (Å²) in [6.07, 6.45) is -3.82. The number of hydrogen-bond donors (Lipinski definition) is 4. The van der Waals surface area contributed by atoms with Gasteiger partial charge in [0, 0.05) is 7.05 Å². The molecule has 1 aliphatic heterocycles. The van der Waals surface area contributed by atoms with Gasteiger partial charge in [-0.25, -0.2) is 14.5 Å². The molecule has 1 saturated heterocycles. The van der Waals surface area contributed by atoms with E-state index < -0.39 is 48.4 Å². The molecule has 2 aliphatic rings. The molecular weight excluding hydrogens is 600 g/mol. The number of fused-ring (bicyclic) bond motifs is 2. The zero-order valence-corrected chi connectivity index (χ0v) is 25.0. The molecule has 3 heterocycles. The Labute approximate surface area is 245 Å². The van der Waals surface area contributed by atoms with E-state index in [1.807, 2.05) is 0 Å². The van der Waals surface area contributed by atoms with Crippen molar-refractivity contribution in [3.8, 4) is 5.75 Å². The highest BCUT2D eigenvalue weighted by Gasteiger charge is 2.89. The maximum Gasteiger partial charge on any atom is 0.323 e. The van der Waals surface area contributed by atoms with Crippen LogP contribution >= 0.6 is 18.2 Å². The van der Waals surface area contributed by atoms with E-state index >= 15 is 4.39 Å². The third kappa shape index (κ3) is 5.03. The third-order valence-corrected chi connectivity index (χ3v) is 9.68. The fourth-order valence-corrected chi connectivity index (χ4v) is 7.99. The highest BCUT2D eigenvalue weighted by atomic mass is 35.5. The summed E-state index contributed by atoms with van der Waals surface area (Å²) in [5, 5.41) is 17.4. The number of carbonyl (C=O) groups excluding carboxylic acids is 1. The molecule has 0 amide bonds. The van der Waals surface area contributed by atoms with Crippen molar-refractivity contribution in [3.05, 3.63) is 36.7 Å². The summed E-state index contributed by atoms with van der Waals surface area (Å²) in [7, 11) is 1.63. The number of benzene rings is 1. The van der Waals surface area contributed by atoms with Crippen molar-refractivity contribution in [3.63, 3.8) is 0 Å². The molecule has 0 spiro atoms. The second kappa shape index (κ2) is 10.9. The number of esters is 1. The summed E-state index contributed by atoms with van der Waals surface area (Å²) < 4.78 is 41.0. The summed E-state index contributed by atoms with van der Waals surface area (Å²) >= 11 is 12.0. The van der Waals surface area contributed by atoms with E-state index in [1.54, 1.807) is 51.2 Å². The number of alkyl halides is 2. The quantitative estimate of drug-likeness (QED) is 0.139. The first-order valence-corrected chi connectivity index (χ1v) is 15.9. The third-order valence-electron chi connectivity index (χ3n) is 6.84. The van der Waals surface area contributed by atoms with E-state index in [1.165, 1.54) is 17.8 Å².